The van der Waals surface area contributed by atoms with Gasteiger partial charge in [-0.05, 0) is 37.5 Å². The number of hydrogen-bond donors (Lipinski definition) is 2. The third-order valence-corrected chi connectivity index (χ3v) is 5.03. The van der Waals surface area contributed by atoms with Gasteiger partial charge in [0.2, 0.25) is 0 Å². The molecule has 1 aliphatic rings. The normalized spacial score (nSPS) is 23.6. The SMILES string of the molecule is CC[C@H](Cc1ccc(C)cc1)NC(=O)[C@@]1(O)CCSC1. The number of carbonyl (C=O) groups is 1. The summed E-state index contributed by atoms with van der Waals surface area (Å²) in [6, 6.07) is 8.46. The van der Waals surface area contributed by atoms with E-state index in [4.69, 9.17) is 0 Å². The second-order valence-electron chi connectivity index (χ2n) is 5.60. The van der Waals surface area contributed by atoms with Gasteiger partial charge in [-0.15, -0.1) is 0 Å². The molecule has 4 heteroatoms. The second-order valence-corrected chi connectivity index (χ2v) is 6.71. The highest BCUT2D eigenvalue weighted by atomic mass is 32.2. The van der Waals surface area contributed by atoms with Crippen molar-refractivity contribution < 1.29 is 9.90 Å². The lowest BCUT2D eigenvalue weighted by atomic mass is 9.99. The van der Waals surface area contributed by atoms with Crippen LogP contribution >= 0.6 is 11.8 Å². The minimum Gasteiger partial charge on any atom is -0.379 e. The van der Waals surface area contributed by atoms with Crippen molar-refractivity contribution in [1.29, 1.82) is 0 Å². The van der Waals surface area contributed by atoms with E-state index in [1.165, 1.54) is 11.1 Å². The van der Waals surface area contributed by atoms with Crippen LogP contribution in [0.25, 0.3) is 0 Å². The number of thioether (sulfide) groups is 1. The molecule has 1 amide bonds. The van der Waals surface area contributed by atoms with Crippen LogP contribution in [0.1, 0.15) is 30.9 Å². The Hall–Kier alpha value is -1.000. The quantitative estimate of drug-likeness (QED) is 0.876. The average molecular weight is 293 g/mol. The molecule has 20 heavy (non-hydrogen) atoms. The van der Waals surface area contributed by atoms with E-state index in [1.54, 1.807) is 11.8 Å². The first-order valence-electron chi connectivity index (χ1n) is 7.20. The monoisotopic (exact) mass is 293 g/mol. The minimum atomic E-state index is -1.16. The topological polar surface area (TPSA) is 49.3 Å². The fourth-order valence-electron chi connectivity index (χ4n) is 2.36. The maximum absolute atomic E-state index is 12.2. The summed E-state index contributed by atoms with van der Waals surface area (Å²) in [7, 11) is 0. The smallest absolute Gasteiger partial charge is 0.253 e. The Balaban J connectivity index is 1.95. The number of nitrogens with one attached hydrogen (secondary N) is 1. The average Bonchev–Trinajstić information content (AvgIpc) is 2.88. The molecule has 1 aliphatic heterocycles. The molecule has 2 atom stereocenters. The van der Waals surface area contributed by atoms with Gasteiger partial charge in [-0.2, -0.15) is 11.8 Å². The molecular weight excluding hydrogens is 270 g/mol. The van der Waals surface area contributed by atoms with Crippen LogP contribution in [-0.4, -0.2) is 34.2 Å². The predicted octanol–water partition coefficient (Wildman–Crippen LogP) is 2.30. The van der Waals surface area contributed by atoms with E-state index in [2.05, 4.69) is 43.4 Å². The molecule has 2 N–H and O–H groups in total. The van der Waals surface area contributed by atoms with Gasteiger partial charge >= 0.3 is 0 Å². The van der Waals surface area contributed by atoms with E-state index in [0.717, 1.165) is 18.6 Å². The zero-order valence-corrected chi connectivity index (χ0v) is 13.0. The third-order valence-electron chi connectivity index (χ3n) is 3.85. The van der Waals surface area contributed by atoms with E-state index in [9.17, 15) is 9.90 Å². The number of carbonyl (C=O) groups excluding carboxylic acids is 1. The molecule has 0 unspecified atom stereocenters. The molecule has 1 heterocycles. The van der Waals surface area contributed by atoms with E-state index in [0.29, 0.717) is 12.2 Å². The molecule has 0 saturated carbocycles. The van der Waals surface area contributed by atoms with E-state index < -0.39 is 5.60 Å². The molecule has 1 saturated heterocycles. The summed E-state index contributed by atoms with van der Waals surface area (Å²) in [6.45, 7) is 4.13. The predicted molar refractivity (Wildman–Crippen MR) is 84.0 cm³/mol. The Labute approximate surface area is 125 Å². The minimum absolute atomic E-state index is 0.0832. The number of amides is 1. The summed E-state index contributed by atoms with van der Waals surface area (Å²) in [5.74, 6) is 1.17. The number of aryl methyl sites for hydroxylation is 1. The summed E-state index contributed by atoms with van der Waals surface area (Å²) in [5, 5.41) is 13.3. The van der Waals surface area contributed by atoms with Crippen LogP contribution in [0.5, 0.6) is 0 Å². The van der Waals surface area contributed by atoms with Crippen molar-refractivity contribution in [1.82, 2.24) is 5.32 Å². The first-order chi connectivity index (χ1) is 9.53. The molecule has 0 aliphatic carbocycles. The van der Waals surface area contributed by atoms with Gasteiger partial charge in [-0.1, -0.05) is 36.8 Å². The first kappa shape index (κ1) is 15.4. The van der Waals surface area contributed by atoms with Gasteiger partial charge in [0.1, 0.15) is 0 Å². The number of aliphatic hydroxyl groups is 1. The van der Waals surface area contributed by atoms with Gasteiger partial charge in [0.25, 0.3) is 5.91 Å². The van der Waals surface area contributed by atoms with Crippen molar-refractivity contribution >= 4 is 17.7 Å². The van der Waals surface area contributed by atoms with Crippen LogP contribution < -0.4 is 5.32 Å². The van der Waals surface area contributed by atoms with E-state index >= 15 is 0 Å². The van der Waals surface area contributed by atoms with Crippen LogP contribution in [-0.2, 0) is 11.2 Å². The molecule has 0 spiro atoms. The van der Waals surface area contributed by atoms with Crippen molar-refractivity contribution in [3.8, 4) is 0 Å². The molecule has 0 bridgehead atoms. The maximum Gasteiger partial charge on any atom is 0.253 e. The molecule has 1 aromatic carbocycles. The number of rotatable bonds is 5. The van der Waals surface area contributed by atoms with Crippen LogP contribution in [0.4, 0.5) is 0 Å². The molecule has 3 nitrogen and oxygen atoms in total. The Morgan fingerprint density at radius 1 is 1.45 bits per heavy atom. The lowest BCUT2D eigenvalue weighted by Crippen LogP contribution is -2.50. The molecule has 0 radical (unpaired) electrons. The Bertz CT molecular complexity index is 452. The van der Waals surface area contributed by atoms with Crippen molar-refractivity contribution in [3.05, 3.63) is 35.4 Å². The number of hydrogen-bond acceptors (Lipinski definition) is 3. The Kier molecular flexibility index (Phi) is 5.11. The largest absolute Gasteiger partial charge is 0.379 e. The highest BCUT2D eigenvalue weighted by molar-refractivity contribution is 7.99. The summed E-state index contributed by atoms with van der Waals surface area (Å²) < 4.78 is 0. The zero-order chi connectivity index (χ0) is 14.6. The van der Waals surface area contributed by atoms with Gasteiger partial charge in [0, 0.05) is 11.8 Å². The third kappa shape index (κ3) is 3.76. The fourth-order valence-corrected chi connectivity index (χ4v) is 3.60. The van der Waals surface area contributed by atoms with Gasteiger partial charge in [0.05, 0.1) is 0 Å². The van der Waals surface area contributed by atoms with Gasteiger partial charge in [-0.3, -0.25) is 4.79 Å². The maximum atomic E-state index is 12.2. The van der Waals surface area contributed by atoms with E-state index in [1.807, 2.05) is 0 Å². The molecule has 1 aromatic rings. The highest BCUT2D eigenvalue weighted by Gasteiger charge is 2.39. The standard InChI is InChI=1S/C16H23NO2S/c1-3-14(10-13-6-4-12(2)5-7-13)17-15(18)16(19)8-9-20-11-16/h4-7,14,19H,3,8-11H2,1-2H3,(H,17,18)/t14-,16-/m1/s1. The Morgan fingerprint density at radius 3 is 2.70 bits per heavy atom. The summed E-state index contributed by atoms with van der Waals surface area (Å²) in [5.41, 5.74) is 1.30. The van der Waals surface area contributed by atoms with Crippen molar-refractivity contribution in [2.45, 2.75) is 44.8 Å². The molecular formula is C16H23NO2S. The van der Waals surface area contributed by atoms with Crippen molar-refractivity contribution in [3.63, 3.8) is 0 Å². The van der Waals surface area contributed by atoms with Crippen molar-refractivity contribution in [2.24, 2.45) is 0 Å². The van der Waals surface area contributed by atoms with Gasteiger partial charge in [0.15, 0.2) is 5.60 Å². The van der Waals surface area contributed by atoms with Gasteiger partial charge in [-0.25, -0.2) is 0 Å². The first-order valence-corrected chi connectivity index (χ1v) is 8.35. The van der Waals surface area contributed by atoms with Gasteiger partial charge < -0.3 is 10.4 Å². The summed E-state index contributed by atoms with van der Waals surface area (Å²) in [4.78, 5) is 12.2. The fraction of sp³-hybridized carbons (Fsp3) is 0.562. The van der Waals surface area contributed by atoms with Crippen LogP contribution in [0.3, 0.4) is 0 Å². The Morgan fingerprint density at radius 2 is 2.15 bits per heavy atom. The van der Waals surface area contributed by atoms with E-state index in [-0.39, 0.29) is 11.9 Å². The molecule has 0 aromatic heterocycles. The molecule has 110 valence electrons. The highest BCUT2D eigenvalue weighted by Crippen LogP contribution is 2.28. The zero-order valence-electron chi connectivity index (χ0n) is 12.2. The summed E-state index contributed by atoms with van der Waals surface area (Å²) >= 11 is 1.64. The number of benzene rings is 1. The lowest BCUT2D eigenvalue weighted by molar-refractivity contribution is -0.138. The van der Waals surface area contributed by atoms with Crippen LogP contribution in [0, 0.1) is 6.92 Å². The lowest BCUT2D eigenvalue weighted by Gasteiger charge is -2.25. The van der Waals surface area contributed by atoms with Crippen LogP contribution in [0.15, 0.2) is 24.3 Å². The van der Waals surface area contributed by atoms with Crippen LogP contribution in [0.2, 0.25) is 0 Å². The van der Waals surface area contributed by atoms with Crippen molar-refractivity contribution in [2.75, 3.05) is 11.5 Å². The molecule has 1 fully saturated rings. The summed E-state index contributed by atoms with van der Waals surface area (Å²) in [6.07, 6.45) is 2.24. The molecule has 2 rings (SSSR count). The second kappa shape index (κ2) is 6.64.